The van der Waals surface area contributed by atoms with Gasteiger partial charge in [0.2, 0.25) is 0 Å². The number of hydrogen-bond acceptors (Lipinski definition) is 3. The summed E-state index contributed by atoms with van der Waals surface area (Å²) in [5.41, 5.74) is -0.637. The molecule has 2 rings (SSSR count). The second-order valence-corrected chi connectivity index (χ2v) is 4.53. The average molecular weight is 276 g/mol. The van der Waals surface area contributed by atoms with Crippen LogP contribution in [-0.2, 0) is 17.5 Å². The Bertz CT molecular complexity index is 426. The van der Waals surface area contributed by atoms with E-state index in [0.717, 1.165) is 12.5 Å². The molecule has 6 heteroatoms. The highest BCUT2D eigenvalue weighted by atomic mass is 19.4. The molecular weight excluding hydrogens is 261 g/mol. The monoisotopic (exact) mass is 276 g/mol. The molecule has 3 nitrogen and oxygen atoms in total. The summed E-state index contributed by atoms with van der Waals surface area (Å²) in [5.74, 6) is -0.0600. The van der Waals surface area contributed by atoms with E-state index in [1.807, 2.05) is 0 Å². The zero-order valence-electron chi connectivity index (χ0n) is 10.2. The summed E-state index contributed by atoms with van der Waals surface area (Å²) in [5, 5.41) is 8.90. The molecule has 1 heterocycles. The summed E-state index contributed by atoms with van der Waals surface area (Å²) in [6.07, 6.45) is -3.69. The topological polar surface area (TPSA) is 38.7 Å². The first-order chi connectivity index (χ1) is 9.00. The molecular formula is C13H15F3O3. The number of ether oxygens (including phenoxy) is 2. The number of hydrogen-bond donors (Lipinski definition) is 1. The van der Waals surface area contributed by atoms with Crippen molar-refractivity contribution < 1.29 is 27.8 Å². The highest BCUT2D eigenvalue weighted by Gasteiger charge is 2.35. The van der Waals surface area contributed by atoms with E-state index in [0.29, 0.717) is 13.2 Å². The van der Waals surface area contributed by atoms with Crippen molar-refractivity contribution in [3.8, 4) is 5.75 Å². The molecule has 1 atom stereocenters. The number of alkyl halides is 3. The summed E-state index contributed by atoms with van der Waals surface area (Å²) in [6.45, 7) is 0.932. The van der Waals surface area contributed by atoms with E-state index in [4.69, 9.17) is 14.6 Å². The normalized spacial score (nSPS) is 19.7. The lowest BCUT2D eigenvalue weighted by Crippen LogP contribution is -2.15. The van der Waals surface area contributed by atoms with Gasteiger partial charge in [0.25, 0.3) is 0 Å². The quantitative estimate of drug-likeness (QED) is 0.918. The Hall–Kier alpha value is -1.27. The summed E-state index contributed by atoms with van der Waals surface area (Å²) >= 11 is 0. The molecule has 1 aromatic carbocycles. The van der Waals surface area contributed by atoms with Crippen molar-refractivity contribution >= 4 is 0 Å². The fraction of sp³-hybridized carbons (Fsp3) is 0.538. The number of benzene rings is 1. The van der Waals surface area contributed by atoms with Crippen LogP contribution < -0.4 is 4.74 Å². The lowest BCUT2D eigenvalue weighted by atomic mass is 10.1. The van der Waals surface area contributed by atoms with Gasteiger partial charge in [0.05, 0.1) is 25.4 Å². The lowest BCUT2D eigenvalue weighted by molar-refractivity contribution is -0.139. The van der Waals surface area contributed by atoms with Crippen molar-refractivity contribution in [2.24, 2.45) is 5.92 Å². The first-order valence-corrected chi connectivity index (χ1v) is 6.02. The van der Waals surface area contributed by atoms with Crippen molar-refractivity contribution in [3.63, 3.8) is 0 Å². The molecule has 1 N–H and O–H groups in total. The van der Waals surface area contributed by atoms with E-state index < -0.39 is 18.3 Å². The third-order valence-corrected chi connectivity index (χ3v) is 3.03. The Morgan fingerprint density at radius 3 is 2.74 bits per heavy atom. The first kappa shape index (κ1) is 14.1. The molecule has 1 aromatic rings. The number of aliphatic hydroxyl groups is 1. The van der Waals surface area contributed by atoms with Crippen molar-refractivity contribution in [1.82, 2.24) is 0 Å². The zero-order chi connectivity index (χ0) is 13.9. The maximum absolute atomic E-state index is 12.9. The predicted molar refractivity (Wildman–Crippen MR) is 61.8 cm³/mol. The fourth-order valence-electron chi connectivity index (χ4n) is 1.95. The molecule has 1 unspecified atom stereocenters. The molecule has 0 aliphatic carbocycles. The van der Waals surface area contributed by atoms with Crippen LogP contribution in [0.25, 0.3) is 0 Å². The molecule has 1 aliphatic rings. The van der Waals surface area contributed by atoms with Gasteiger partial charge in [0.1, 0.15) is 5.75 Å². The minimum Gasteiger partial charge on any atom is -0.493 e. The van der Waals surface area contributed by atoms with Crippen LogP contribution in [0.2, 0.25) is 0 Å². The molecule has 0 spiro atoms. The molecule has 0 saturated carbocycles. The van der Waals surface area contributed by atoms with Gasteiger partial charge in [-0.15, -0.1) is 0 Å². The van der Waals surface area contributed by atoms with Gasteiger partial charge in [-0.05, 0) is 24.1 Å². The average Bonchev–Trinajstić information content (AvgIpc) is 2.88. The van der Waals surface area contributed by atoms with E-state index in [1.165, 1.54) is 12.1 Å². The van der Waals surface area contributed by atoms with Crippen LogP contribution in [0.5, 0.6) is 5.75 Å². The Morgan fingerprint density at radius 2 is 2.16 bits per heavy atom. The third kappa shape index (κ3) is 3.61. The van der Waals surface area contributed by atoms with Gasteiger partial charge in [-0.1, -0.05) is 6.07 Å². The molecule has 0 radical (unpaired) electrons. The molecule has 0 bridgehead atoms. The Morgan fingerprint density at radius 1 is 1.37 bits per heavy atom. The van der Waals surface area contributed by atoms with Gasteiger partial charge in [0, 0.05) is 12.5 Å². The van der Waals surface area contributed by atoms with Crippen molar-refractivity contribution in [2.45, 2.75) is 19.2 Å². The summed E-state index contributed by atoms with van der Waals surface area (Å²) in [7, 11) is 0. The molecule has 1 fully saturated rings. The van der Waals surface area contributed by atoms with Gasteiger partial charge < -0.3 is 14.6 Å². The fourth-order valence-corrected chi connectivity index (χ4v) is 1.95. The van der Waals surface area contributed by atoms with Crippen LogP contribution in [0.4, 0.5) is 13.2 Å². The Labute approximate surface area is 108 Å². The van der Waals surface area contributed by atoms with Gasteiger partial charge in [-0.3, -0.25) is 0 Å². The third-order valence-electron chi connectivity index (χ3n) is 3.03. The number of aliphatic hydroxyl groups excluding tert-OH is 1. The molecule has 1 saturated heterocycles. The van der Waals surface area contributed by atoms with Crippen LogP contribution in [0.1, 0.15) is 17.5 Å². The standard InChI is InChI=1S/C13H15F3O3/c14-13(15,16)11-5-9(6-17)1-2-12(11)19-8-10-3-4-18-7-10/h1-2,5,10,17H,3-4,6-8H2. The molecule has 19 heavy (non-hydrogen) atoms. The van der Waals surface area contributed by atoms with Gasteiger partial charge in [-0.25, -0.2) is 0 Å². The minimum atomic E-state index is -4.49. The zero-order valence-corrected chi connectivity index (χ0v) is 10.2. The van der Waals surface area contributed by atoms with E-state index in [1.54, 1.807) is 0 Å². The maximum Gasteiger partial charge on any atom is 0.419 e. The van der Waals surface area contributed by atoms with Crippen LogP contribution in [0, 0.1) is 5.92 Å². The maximum atomic E-state index is 12.9. The molecule has 0 amide bonds. The van der Waals surface area contributed by atoms with E-state index >= 15 is 0 Å². The molecule has 0 aromatic heterocycles. The smallest absolute Gasteiger partial charge is 0.419 e. The molecule has 1 aliphatic heterocycles. The summed E-state index contributed by atoms with van der Waals surface area (Å²) < 4.78 is 49.0. The van der Waals surface area contributed by atoms with Crippen molar-refractivity contribution in [3.05, 3.63) is 29.3 Å². The van der Waals surface area contributed by atoms with Crippen molar-refractivity contribution in [2.75, 3.05) is 19.8 Å². The highest BCUT2D eigenvalue weighted by molar-refractivity contribution is 5.39. The largest absolute Gasteiger partial charge is 0.493 e. The van der Waals surface area contributed by atoms with Crippen molar-refractivity contribution in [1.29, 1.82) is 0 Å². The van der Waals surface area contributed by atoms with Crippen LogP contribution in [0.15, 0.2) is 18.2 Å². The van der Waals surface area contributed by atoms with E-state index in [2.05, 4.69) is 0 Å². The van der Waals surface area contributed by atoms with Gasteiger partial charge in [-0.2, -0.15) is 13.2 Å². The predicted octanol–water partition coefficient (Wildman–Crippen LogP) is 2.61. The van der Waals surface area contributed by atoms with Crippen LogP contribution in [-0.4, -0.2) is 24.9 Å². The van der Waals surface area contributed by atoms with E-state index in [9.17, 15) is 13.2 Å². The SMILES string of the molecule is OCc1ccc(OCC2CCOC2)c(C(F)(F)F)c1. The molecule has 106 valence electrons. The second-order valence-electron chi connectivity index (χ2n) is 4.53. The second kappa shape index (κ2) is 5.79. The summed E-state index contributed by atoms with van der Waals surface area (Å²) in [6, 6.07) is 3.60. The Balaban J connectivity index is 2.13. The Kier molecular flexibility index (Phi) is 4.31. The van der Waals surface area contributed by atoms with Crippen LogP contribution in [0.3, 0.4) is 0 Å². The minimum absolute atomic E-state index is 0.138. The van der Waals surface area contributed by atoms with Gasteiger partial charge in [0.15, 0.2) is 0 Å². The highest BCUT2D eigenvalue weighted by Crippen LogP contribution is 2.37. The summed E-state index contributed by atoms with van der Waals surface area (Å²) in [4.78, 5) is 0. The first-order valence-electron chi connectivity index (χ1n) is 6.02. The van der Waals surface area contributed by atoms with Crippen LogP contribution >= 0.6 is 0 Å². The van der Waals surface area contributed by atoms with E-state index in [-0.39, 0.29) is 23.8 Å². The lowest BCUT2D eigenvalue weighted by Gasteiger charge is -2.16. The van der Waals surface area contributed by atoms with Gasteiger partial charge >= 0.3 is 6.18 Å². The number of rotatable bonds is 4. The number of halogens is 3.